The lowest BCUT2D eigenvalue weighted by Gasteiger charge is -2.25. The number of carbonyl (C=O) groups is 4. The molecule has 0 aliphatic carbocycles. The smallest absolute Gasteiger partial charge is 0.309 e. The van der Waals surface area contributed by atoms with E-state index in [1.807, 2.05) is 0 Å². The van der Waals surface area contributed by atoms with Gasteiger partial charge in [-0.15, -0.1) is 0 Å². The largest absolute Gasteiger partial charge is 0.508 e. The Labute approximate surface area is 346 Å². The number of aromatic hydroxyl groups is 8. The van der Waals surface area contributed by atoms with Gasteiger partial charge in [0.25, 0.3) is 0 Å². The molecule has 0 saturated heterocycles. The van der Waals surface area contributed by atoms with Gasteiger partial charge in [-0.25, -0.2) is 0 Å². The molecule has 0 saturated carbocycles. The maximum Gasteiger partial charge on any atom is 0.309 e. The monoisotopic (exact) mass is 836 g/mol. The van der Waals surface area contributed by atoms with Crippen molar-refractivity contribution >= 4 is 23.9 Å². The van der Waals surface area contributed by atoms with Crippen molar-refractivity contribution in [3.63, 3.8) is 0 Å². The number of hydrogen-bond donors (Lipinski definition) is 8. The summed E-state index contributed by atoms with van der Waals surface area (Å²) in [5.41, 5.74) is 2.19. The number of hydrogen-bond acceptors (Lipinski definition) is 16. The minimum atomic E-state index is -0.717. The Morgan fingerprint density at radius 3 is 0.833 bits per heavy atom. The van der Waals surface area contributed by atoms with Gasteiger partial charge >= 0.3 is 23.9 Å². The highest BCUT2D eigenvalue weighted by Crippen LogP contribution is 2.34. The minimum absolute atomic E-state index is 0.0603. The predicted octanol–water partition coefficient (Wildman–Crippen LogP) is 5.31. The summed E-state index contributed by atoms with van der Waals surface area (Å²) in [4.78, 5) is 48.6. The zero-order chi connectivity index (χ0) is 44.5. The number of phenolic OH excluding ortho intramolecular Hbond substituents is 8. The second-order valence-corrected chi connectivity index (χ2v) is 14.3. The van der Waals surface area contributed by atoms with E-state index in [-0.39, 0.29) is 97.4 Å². The van der Waals surface area contributed by atoms with Crippen molar-refractivity contribution in [1.82, 2.24) is 0 Å². The first kappa shape index (κ1) is 47.5. The van der Waals surface area contributed by atoms with E-state index in [9.17, 15) is 60.0 Å². The van der Waals surface area contributed by atoms with Gasteiger partial charge in [0, 0.05) is 37.1 Å². The normalized spacial score (nSPS) is 12.7. The summed E-state index contributed by atoms with van der Waals surface area (Å²) in [7, 11) is 5.06. The lowest BCUT2D eigenvalue weighted by Crippen LogP contribution is -2.29. The van der Waals surface area contributed by atoms with Crippen molar-refractivity contribution in [1.29, 1.82) is 0 Å². The van der Waals surface area contributed by atoms with E-state index in [4.69, 9.17) is 18.9 Å². The van der Waals surface area contributed by atoms with E-state index >= 15 is 0 Å². The van der Waals surface area contributed by atoms with Gasteiger partial charge in [-0.05, 0) is 121 Å². The van der Waals surface area contributed by atoms with Crippen LogP contribution < -0.4 is 0 Å². The van der Waals surface area contributed by atoms with E-state index in [1.54, 1.807) is 0 Å². The summed E-state index contributed by atoms with van der Waals surface area (Å²) in [5.74, 6) is -5.21. The lowest BCUT2D eigenvalue weighted by atomic mass is 9.80. The van der Waals surface area contributed by atoms with Gasteiger partial charge in [-0.1, -0.05) is 0 Å². The average Bonchev–Trinajstić information content (AvgIpc) is 3.17. The lowest BCUT2D eigenvalue weighted by molar-refractivity contribution is -0.149. The first-order valence-corrected chi connectivity index (χ1v) is 18.8. The molecule has 4 aromatic carbocycles. The third-order valence-corrected chi connectivity index (χ3v) is 9.80. The fraction of sp³-hybridized carbons (Fsp3) is 0.364. The van der Waals surface area contributed by atoms with E-state index in [1.165, 1.54) is 101 Å². The predicted molar refractivity (Wildman–Crippen MR) is 214 cm³/mol. The van der Waals surface area contributed by atoms with Crippen molar-refractivity contribution in [3.8, 4) is 46.0 Å². The Kier molecular flexibility index (Phi) is 18.2. The SMILES string of the molecule is COC(=O)CC[C@@H](Cc1cc(O)cc(O)c1)[C@H](Cc1cc(O)cc(O)c1)C(=O)OC.COC(=O)CC[C@H](Cc1cc(O)cc(O)c1)[C@@H](Cc1cc(O)cc(O)c1)C(=O)OC. The Morgan fingerprint density at radius 2 is 0.617 bits per heavy atom. The number of ether oxygens (including phenoxy) is 4. The number of benzene rings is 4. The van der Waals surface area contributed by atoms with Crippen LogP contribution in [-0.4, -0.2) is 93.2 Å². The van der Waals surface area contributed by atoms with Crippen LogP contribution in [0.1, 0.15) is 47.9 Å². The maximum absolute atomic E-state index is 12.6. The van der Waals surface area contributed by atoms with Gasteiger partial charge in [-0.2, -0.15) is 0 Å². The van der Waals surface area contributed by atoms with Gasteiger partial charge in [0.2, 0.25) is 0 Å². The Balaban J connectivity index is 0.000000320. The first-order chi connectivity index (χ1) is 28.4. The molecule has 0 heterocycles. The number of phenols is 8. The van der Waals surface area contributed by atoms with Crippen molar-refractivity contribution in [2.45, 2.75) is 51.4 Å². The standard InChI is InChI=1S/2C22H26O8/c2*1-29-21(27)4-3-15(5-13-6-16(23)11-17(24)7-13)20(22(28)30-2)10-14-8-18(25)12-19(26)9-14/h2*6-9,11-12,15,20,23-26H,3-5,10H2,1-2H3/t2*15-,20-/m10/s1. The molecule has 0 spiro atoms. The molecule has 8 N–H and O–H groups in total. The fourth-order valence-electron chi connectivity index (χ4n) is 7.10. The molecule has 16 nitrogen and oxygen atoms in total. The van der Waals surface area contributed by atoms with E-state index in [0.717, 1.165) is 0 Å². The molecule has 0 bridgehead atoms. The van der Waals surface area contributed by atoms with Crippen LogP contribution in [0.5, 0.6) is 46.0 Å². The number of rotatable bonds is 18. The molecular weight excluding hydrogens is 784 g/mol. The molecule has 4 aromatic rings. The second-order valence-electron chi connectivity index (χ2n) is 14.3. The summed E-state index contributed by atoms with van der Waals surface area (Å²) in [6, 6.07) is 16.4. The molecule has 4 rings (SSSR count). The highest BCUT2D eigenvalue weighted by Gasteiger charge is 2.32. The van der Waals surface area contributed by atoms with Crippen molar-refractivity contribution in [2.24, 2.45) is 23.7 Å². The first-order valence-electron chi connectivity index (χ1n) is 18.8. The van der Waals surface area contributed by atoms with Crippen molar-refractivity contribution in [3.05, 3.63) is 95.1 Å². The molecule has 0 amide bonds. The molecule has 0 fully saturated rings. The van der Waals surface area contributed by atoms with E-state index in [0.29, 0.717) is 22.3 Å². The summed E-state index contributed by atoms with van der Waals surface area (Å²) in [5, 5.41) is 78.1. The van der Waals surface area contributed by atoms with Crippen LogP contribution in [0.4, 0.5) is 0 Å². The Hall–Kier alpha value is -6.84. The molecular formula is C44H52O16. The quantitative estimate of drug-likeness (QED) is 0.0466. The van der Waals surface area contributed by atoms with Crippen molar-refractivity contribution in [2.75, 3.05) is 28.4 Å². The second kappa shape index (κ2) is 22.9. The molecule has 0 aliphatic rings. The molecule has 4 atom stereocenters. The highest BCUT2D eigenvalue weighted by molar-refractivity contribution is 5.74. The molecule has 0 aliphatic heterocycles. The highest BCUT2D eigenvalue weighted by atomic mass is 16.5. The molecule has 0 radical (unpaired) electrons. The molecule has 324 valence electrons. The van der Waals surface area contributed by atoms with Crippen LogP contribution in [0.25, 0.3) is 0 Å². The van der Waals surface area contributed by atoms with Gasteiger partial charge < -0.3 is 59.8 Å². The molecule has 16 heteroatoms. The third-order valence-electron chi connectivity index (χ3n) is 9.80. The third kappa shape index (κ3) is 15.5. The maximum atomic E-state index is 12.6. The minimum Gasteiger partial charge on any atom is -0.508 e. The van der Waals surface area contributed by atoms with Crippen LogP contribution in [0.15, 0.2) is 72.8 Å². The Bertz CT molecular complexity index is 1850. The van der Waals surface area contributed by atoms with Crippen molar-refractivity contribution < 1.29 is 79.0 Å². The van der Waals surface area contributed by atoms with Crippen LogP contribution in [-0.2, 0) is 63.8 Å². The number of methoxy groups -OCH3 is 4. The number of esters is 4. The molecule has 0 aromatic heterocycles. The van der Waals surface area contributed by atoms with Gasteiger partial charge in [0.15, 0.2) is 0 Å². The zero-order valence-electron chi connectivity index (χ0n) is 33.7. The number of carbonyl (C=O) groups excluding carboxylic acids is 4. The average molecular weight is 837 g/mol. The van der Waals surface area contributed by atoms with Crippen LogP contribution in [0.2, 0.25) is 0 Å². The summed E-state index contributed by atoms with van der Waals surface area (Å²) < 4.78 is 19.3. The topological polar surface area (TPSA) is 267 Å². The van der Waals surface area contributed by atoms with Crippen LogP contribution in [0, 0.1) is 23.7 Å². The molecule has 60 heavy (non-hydrogen) atoms. The summed E-state index contributed by atoms with van der Waals surface area (Å²) >= 11 is 0. The van der Waals surface area contributed by atoms with E-state index in [2.05, 4.69) is 0 Å². The van der Waals surface area contributed by atoms with Crippen LogP contribution >= 0.6 is 0 Å². The Morgan fingerprint density at radius 1 is 0.383 bits per heavy atom. The van der Waals surface area contributed by atoms with E-state index < -0.39 is 47.5 Å². The summed E-state index contributed by atoms with van der Waals surface area (Å²) in [6.07, 6.45) is 1.51. The van der Waals surface area contributed by atoms with Crippen LogP contribution in [0.3, 0.4) is 0 Å². The zero-order valence-corrected chi connectivity index (χ0v) is 33.7. The summed E-state index contributed by atoms with van der Waals surface area (Å²) in [6.45, 7) is 0. The van der Waals surface area contributed by atoms with Gasteiger partial charge in [0.05, 0.1) is 40.3 Å². The fourth-order valence-corrected chi connectivity index (χ4v) is 7.10. The van der Waals surface area contributed by atoms with Gasteiger partial charge in [-0.3, -0.25) is 19.2 Å². The molecule has 0 unspecified atom stereocenters. The van der Waals surface area contributed by atoms with Gasteiger partial charge in [0.1, 0.15) is 46.0 Å².